The third-order valence-corrected chi connectivity index (χ3v) is 5.95. The predicted octanol–water partition coefficient (Wildman–Crippen LogP) is 3.79. The lowest BCUT2D eigenvalue weighted by Crippen LogP contribution is -2.28. The van der Waals surface area contributed by atoms with Crippen molar-refractivity contribution in [1.82, 2.24) is 9.78 Å². The van der Waals surface area contributed by atoms with E-state index in [0.29, 0.717) is 18.0 Å². The van der Waals surface area contributed by atoms with Crippen molar-refractivity contribution in [3.63, 3.8) is 0 Å². The molecule has 0 bridgehead atoms. The van der Waals surface area contributed by atoms with E-state index in [1.165, 1.54) is 12.8 Å². The molecule has 1 amide bonds. The minimum atomic E-state index is -0.443. The zero-order valence-electron chi connectivity index (χ0n) is 16.8. The zero-order chi connectivity index (χ0) is 20.1. The smallest absolute Gasteiger partial charge is 0.250 e. The largest absolute Gasteiger partial charge is 0.382 e. The van der Waals surface area contributed by atoms with Crippen LogP contribution in [-0.4, -0.2) is 27.5 Å². The molecule has 1 fully saturated rings. The Balaban J connectivity index is 1.79. The fourth-order valence-corrected chi connectivity index (χ4v) is 4.64. The van der Waals surface area contributed by atoms with Gasteiger partial charge in [-0.15, -0.1) is 0 Å². The van der Waals surface area contributed by atoms with Gasteiger partial charge < -0.3 is 11.1 Å². The van der Waals surface area contributed by atoms with Gasteiger partial charge in [0.2, 0.25) is 0 Å². The summed E-state index contributed by atoms with van der Waals surface area (Å²) < 4.78 is 1.87. The van der Waals surface area contributed by atoms with Crippen molar-refractivity contribution in [3.05, 3.63) is 40.7 Å². The molecule has 0 unspecified atom stereocenters. The van der Waals surface area contributed by atoms with Gasteiger partial charge in [0, 0.05) is 18.2 Å². The first kappa shape index (κ1) is 18.7. The standard InChI is InChI=1S/C22H28N4O2/c1-13-20-18(11-22(2,3)12-19(20)27)26(25-13)15-8-9-16(21(23)28)17(10-15)24-14-6-4-5-7-14/h8-10,14,24H,4-7,11-12H2,1-3H3,(H2,23,28). The Kier molecular flexibility index (Phi) is 4.52. The molecule has 0 spiro atoms. The van der Waals surface area contributed by atoms with E-state index in [1.807, 2.05) is 23.7 Å². The molecule has 2 aliphatic rings. The average molecular weight is 380 g/mol. The Morgan fingerprint density at radius 3 is 2.64 bits per heavy atom. The molecule has 3 N–H and O–H groups in total. The second kappa shape index (κ2) is 6.76. The molecule has 6 nitrogen and oxygen atoms in total. The van der Waals surface area contributed by atoms with Crippen LogP contribution >= 0.6 is 0 Å². The SMILES string of the molecule is Cc1nn(-c2ccc(C(N)=O)c(NC3CCCC3)c2)c2c1C(=O)CC(C)(C)C2. The number of primary amides is 1. The number of carbonyl (C=O) groups is 2. The number of ketones is 1. The number of benzene rings is 1. The number of nitrogens with one attached hydrogen (secondary N) is 1. The summed E-state index contributed by atoms with van der Waals surface area (Å²) in [4.78, 5) is 24.6. The Morgan fingerprint density at radius 2 is 1.96 bits per heavy atom. The lowest BCUT2D eigenvalue weighted by atomic mass is 9.75. The quantitative estimate of drug-likeness (QED) is 0.844. The highest BCUT2D eigenvalue weighted by molar-refractivity contribution is 6.00. The van der Waals surface area contributed by atoms with Gasteiger partial charge in [-0.25, -0.2) is 4.68 Å². The van der Waals surface area contributed by atoms with E-state index in [1.54, 1.807) is 6.07 Å². The molecule has 6 heteroatoms. The number of anilines is 1. The van der Waals surface area contributed by atoms with Gasteiger partial charge in [-0.2, -0.15) is 5.10 Å². The van der Waals surface area contributed by atoms with Gasteiger partial charge >= 0.3 is 0 Å². The average Bonchev–Trinajstić information content (AvgIpc) is 3.21. The summed E-state index contributed by atoms with van der Waals surface area (Å²) in [5, 5.41) is 8.18. The molecule has 148 valence electrons. The number of Topliss-reactive ketones (excluding diaryl/α,β-unsaturated/α-hetero) is 1. The van der Waals surface area contributed by atoms with E-state index in [2.05, 4.69) is 24.3 Å². The first-order valence-corrected chi connectivity index (χ1v) is 10.1. The van der Waals surface area contributed by atoms with E-state index < -0.39 is 5.91 Å². The van der Waals surface area contributed by atoms with Crippen LogP contribution in [0.25, 0.3) is 5.69 Å². The molecule has 28 heavy (non-hydrogen) atoms. The number of aryl methyl sites for hydroxylation is 1. The predicted molar refractivity (Wildman–Crippen MR) is 109 cm³/mol. The number of hydrogen-bond acceptors (Lipinski definition) is 4. The highest BCUT2D eigenvalue weighted by atomic mass is 16.1. The lowest BCUT2D eigenvalue weighted by Gasteiger charge is -2.29. The molecule has 1 aromatic heterocycles. The van der Waals surface area contributed by atoms with Gasteiger partial charge in [0.05, 0.1) is 28.2 Å². The number of nitrogens with zero attached hydrogens (tertiary/aromatic N) is 2. The Labute approximate surface area is 165 Å². The molecular formula is C22H28N4O2. The van der Waals surface area contributed by atoms with E-state index in [4.69, 9.17) is 5.73 Å². The number of hydrogen-bond donors (Lipinski definition) is 2. The maximum atomic E-state index is 12.7. The maximum Gasteiger partial charge on any atom is 0.250 e. The zero-order valence-corrected chi connectivity index (χ0v) is 16.8. The second-order valence-electron chi connectivity index (χ2n) is 8.98. The van der Waals surface area contributed by atoms with Crippen molar-refractivity contribution < 1.29 is 9.59 Å². The van der Waals surface area contributed by atoms with Crippen molar-refractivity contribution in [2.45, 2.75) is 65.3 Å². The fourth-order valence-electron chi connectivity index (χ4n) is 4.64. The maximum absolute atomic E-state index is 12.7. The Morgan fingerprint density at radius 1 is 1.25 bits per heavy atom. The number of rotatable bonds is 4. The summed E-state index contributed by atoms with van der Waals surface area (Å²) in [7, 11) is 0. The fraction of sp³-hybridized carbons (Fsp3) is 0.500. The molecule has 1 aromatic carbocycles. The van der Waals surface area contributed by atoms with Crippen LogP contribution in [0.3, 0.4) is 0 Å². The van der Waals surface area contributed by atoms with Crippen LogP contribution in [0.15, 0.2) is 18.2 Å². The van der Waals surface area contributed by atoms with Crippen LogP contribution < -0.4 is 11.1 Å². The minimum absolute atomic E-state index is 0.0909. The van der Waals surface area contributed by atoms with E-state index >= 15 is 0 Å². The van der Waals surface area contributed by atoms with Gasteiger partial charge in [0.1, 0.15) is 0 Å². The van der Waals surface area contributed by atoms with Gasteiger partial charge in [0.15, 0.2) is 5.78 Å². The molecule has 0 atom stereocenters. The number of aromatic nitrogens is 2. The summed E-state index contributed by atoms with van der Waals surface area (Å²) >= 11 is 0. The molecule has 4 rings (SSSR count). The molecule has 0 aliphatic heterocycles. The number of fused-ring (bicyclic) bond motifs is 1. The third-order valence-electron chi connectivity index (χ3n) is 5.95. The molecule has 2 aliphatic carbocycles. The lowest BCUT2D eigenvalue weighted by molar-refractivity contribution is 0.0909. The van der Waals surface area contributed by atoms with Crippen LogP contribution in [0, 0.1) is 12.3 Å². The summed E-state index contributed by atoms with van der Waals surface area (Å²) in [6.45, 7) is 6.12. The van der Waals surface area contributed by atoms with Crippen molar-refractivity contribution in [2.24, 2.45) is 11.1 Å². The number of amides is 1. The molecular weight excluding hydrogens is 352 g/mol. The first-order valence-electron chi connectivity index (χ1n) is 10.1. The van der Waals surface area contributed by atoms with E-state index in [0.717, 1.165) is 47.6 Å². The summed E-state index contributed by atoms with van der Waals surface area (Å²) in [6, 6.07) is 5.92. The van der Waals surface area contributed by atoms with Crippen LogP contribution in [0.5, 0.6) is 0 Å². The van der Waals surface area contributed by atoms with Crippen molar-refractivity contribution in [2.75, 3.05) is 5.32 Å². The molecule has 0 radical (unpaired) electrons. The molecule has 0 saturated heterocycles. The molecule has 2 aromatic rings. The number of nitrogens with two attached hydrogens (primary N) is 1. The molecule has 1 saturated carbocycles. The normalized spacial score (nSPS) is 18.9. The summed E-state index contributed by atoms with van der Waals surface area (Å²) in [5.74, 6) is -0.282. The van der Waals surface area contributed by atoms with Gasteiger partial charge in [-0.05, 0) is 49.8 Å². The minimum Gasteiger partial charge on any atom is -0.382 e. The highest BCUT2D eigenvalue weighted by Crippen LogP contribution is 2.37. The van der Waals surface area contributed by atoms with E-state index in [9.17, 15) is 9.59 Å². The highest BCUT2D eigenvalue weighted by Gasteiger charge is 2.35. The Bertz CT molecular complexity index is 952. The third kappa shape index (κ3) is 3.32. The van der Waals surface area contributed by atoms with Crippen LogP contribution in [0.4, 0.5) is 5.69 Å². The molecule has 1 heterocycles. The number of carbonyl (C=O) groups excluding carboxylic acids is 2. The second-order valence-corrected chi connectivity index (χ2v) is 8.98. The van der Waals surface area contributed by atoms with E-state index in [-0.39, 0.29) is 11.2 Å². The monoisotopic (exact) mass is 380 g/mol. The summed E-state index contributed by atoms with van der Waals surface area (Å²) in [6.07, 6.45) is 5.93. The van der Waals surface area contributed by atoms with Crippen molar-refractivity contribution in [1.29, 1.82) is 0 Å². The summed E-state index contributed by atoms with van der Waals surface area (Å²) in [5.41, 5.74) is 10.1. The topological polar surface area (TPSA) is 90.0 Å². The Hall–Kier alpha value is -2.63. The first-order chi connectivity index (χ1) is 13.2. The van der Waals surface area contributed by atoms with Crippen molar-refractivity contribution in [3.8, 4) is 5.69 Å². The van der Waals surface area contributed by atoms with Crippen LogP contribution in [0.2, 0.25) is 0 Å². The van der Waals surface area contributed by atoms with Gasteiger partial charge in [-0.1, -0.05) is 26.7 Å². The van der Waals surface area contributed by atoms with Gasteiger partial charge in [0.25, 0.3) is 5.91 Å². The van der Waals surface area contributed by atoms with Crippen LogP contribution in [0.1, 0.15) is 78.1 Å². The van der Waals surface area contributed by atoms with Crippen molar-refractivity contribution >= 4 is 17.4 Å². The van der Waals surface area contributed by atoms with Gasteiger partial charge in [-0.3, -0.25) is 9.59 Å². The van der Waals surface area contributed by atoms with Crippen LogP contribution in [-0.2, 0) is 6.42 Å².